The molecule has 0 radical (unpaired) electrons. The van der Waals surface area contributed by atoms with E-state index in [-0.39, 0.29) is 0 Å². The SMILES string of the molecule is CC1C=CC=C2N=C3C(=C21)CN(C)CC3O. The molecule has 2 heterocycles. The van der Waals surface area contributed by atoms with Crippen molar-refractivity contribution in [3.05, 3.63) is 35.1 Å². The zero-order valence-electron chi connectivity index (χ0n) is 9.64. The van der Waals surface area contributed by atoms with E-state index in [4.69, 9.17) is 0 Å². The highest BCUT2D eigenvalue weighted by Crippen LogP contribution is 2.37. The summed E-state index contributed by atoms with van der Waals surface area (Å²) in [6.45, 7) is 3.77. The zero-order valence-corrected chi connectivity index (χ0v) is 9.64. The van der Waals surface area contributed by atoms with E-state index in [1.807, 2.05) is 13.1 Å². The number of piperidine rings is 1. The van der Waals surface area contributed by atoms with Gasteiger partial charge in [-0.25, -0.2) is 4.99 Å². The Morgan fingerprint density at radius 2 is 2.31 bits per heavy atom. The minimum Gasteiger partial charge on any atom is -0.385 e. The molecule has 1 fully saturated rings. The second kappa shape index (κ2) is 3.40. The number of rotatable bonds is 0. The number of hydrogen-bond acceptors (Lipinski definition) is 3. The lowest BCUT2D eigenvalue weighted by molar-refractivity contribution is 0.174. The van der Waals surface area contributed by atoms with Crippen LogP contribution in [0.4, 0.5) is 0 Å². The third kappa shape index (κ3) is 1.32. The molecule has 2 atom stereocenters. The molecule has 16 heavy (non-hydrogen) atoms. The van der Waals surface area contributed by atoms with Crippen LogP contribution in [0.2, 0.25) is 0 Å². The third-order valence-electron chi connectivity index (χ3n) is 3.49. The van der Waals surface area contributed by atoms with Crippen LogP contribution in [0.1, 0.15) is 6.92 Å². The number of β-amino-alcohol motifs (C(OH)–C–C–N with tert-alkyl or cyclic N) is 1. The van der Waals surface area contributed by atoms with Gasteiger partial charge >= 0.3 is 0 Å². The molecule has 1 N–H and O–H groups in total. The van der Waals surface area contributed by atoms with Crippen LogP contribution in [-0.2, 0) is 0 Å². The highest BCUT2D eigenvalue weighted by Gasteiger charge is 2.35. The van der Waals surface area contributed by atoms with Gasteiger partial charge in [-0.1, -0.05) is 19.1 Å². The van der Waals surface area contributed by atoms with E-state index < -0.39 is 6.10 Å². The van der Waals surface area contributed by atoms with Gasteiger partial charge in [0.1, 0.15) is 6.10 Å². The van der Waals surface area contributed by atoms with Crippen molar-refractivity contribution < 1.29 is 5.11 Å². The van der Waals surface area contributed by atoms with Crippen LogP contribution in [0.3, 0.4) is 0 Å². The van der Waals surface area contributed by atoms with Crippen molar-refractivity contribution in [3.63, 3.8) is 0 Å². The quantitative estimate of drug-likeness (QED) is 0.659. The number of hydrogen-bond donors (Lipinski definition) is 1. The maximum atomic E-state index is 10.0. The zero-order chi connectivity index (χ0) is 11.3. The van der Waals surface area contributed by atoms with Crippen LogP contribution in [0.15, 0.2) is 40.1 Å². The lowest BCUT2D eigenvalue weighted by Crippen LogP contribution is -2.43. The third-order valence-corrected chi connectivity index (χ3v) is 3.49. The number of aliphatic imine (C=N–C) groups is 1. The molecular formula is C13H16N2O. The minimum atomic E-state index is -0.431. The number of likely N-dealkylation sites (N-methyl/N-ethyl adjacent to an activating group) is 1. The number of aliphatic hydroxyl groups excluding tert-OH is 1. The largest absolute Gasteiger partial charge is 0.385 e. The Labute approximate surface area is 95.5 Å². The first-order valence-electron chi connectivity index (χ1n) is 5.74. The lowest BCUT2D eigenvalue weighted by Gasteiger charge is -2.29. The summed E-state index contributed by atoms with van der Waals surface area (Å²) in [5.41, 5.74) is 4.50. The van der Waals surface area contributed by atoms with E-state index >= 15 is 0 Å². The second-order valence-corrected chi connectivity index (χ2v) is 4.83. The predicted octanol–water partition coefficient (Wildman–Crippen LogP) is 1.13. The molecule has 1 saturated heterocycles. The highest BCUT2D eigenvalue weighted by atomic mass is 16.3. The summed E-state index contributed by atoms with van der Waals surface area (Å²) in [7, 11) is 2.04. The fourth-order valence-electron chi connectivity index (χ4n) is 2.75. The van der Waals surface area contributed by atoms with Gasteiger partial charge in [-0.05, 0) is 24.3 Å². The maximum Gasteiger partial charge on any atom is 0.109 e. The molecular weight excluding hydrogens is 200 g/mol. The summed E-state index contributed by atoms with van der Waals surface area (Å²) in [5, 5.41) is 10.0. The van der Waals surface area contributed by atoms with Crippen LogP contribution in [0.5, 0.6) is 0 Å². The van der Waals surface area contributed by atoms with Crippen molar-refractivity contribution in [1.82, 2.24) is 4.90 Å². The lowest BCUT2D eigenvalue weighted by atomic mass is 9.87. The topological polar surface area (TPSA) is 35.8 Å². The van der Waals surface area contributed by atoms with E-state index in [2.05, 4.69) is 29.0 Å². The molecule has 0 bridgehead atoms. The minimum absolute atomic E-state index is 0.412. The number of likely N-dealkylation sites (tertiary alicyclic amines) is 1. The fraction of sp³-hybridized carbons (Fsp3) is 0.462. The van der Waals surface area contributed by atoms with E-state index in [9.17, 15) is 5.11 Å². The van der Waals surface area contributed by atoms with Crippen molar-refractivity contribution in [2.75, 3.05) is 20.1 Å². The van der Waals surface area contributed by atoms with Gasteiger partial charge in [0.2, 0.25) is 0 Å². The number of aliphatic hydroxyl groups is 1. The Morgan fingerprint density at radius 3 is 3.12 bits per heavy atom. The predicted molar refractivity (Wildman–Crippen MR) is 64.4 cm³/mol. The molecule has 0 aromatic carbocycles. The van der Waals surface area contributed by atoms with Crippen molar-refractivity contribution in [1.29, 1.82) is 0 Å². The number of allylic oxidation sites excluding steroid dienone is 4. The summed E-state index contributed by atoms with van der Waals surface area (Å²) in [6, 6.07) is 0. The van der Waals surface area contributed by atoms with Gasteiger partial charge in [0.15, 0.2) is 0 Å². The number of fused-ring (bicyclic) bond motifs is 2. The Morgan fingerprint density at radius 1 is 1.50 bits per heavy atom. The Hall–Kier alpha value is -1.19. The van der Waals surface area contributed by atoms with Crippen molar-refractivity contribution in [2.24, 2.45) is 10.9 Å². The van der Waals surface area contributed by atoms with Crippen molar-refractivity contribution in [2.45, 2.75) is 13.0 Å². The maximum absolute atomic E-state index is 10.0. The summed E-state index contributed by atoms with van der Waals surface area (Å²) >= 11 is 0. The Kier molecular flexibility index (Phi) is 2.13. The smallest absolute Gasteiger partial charge is 0.109 e. The molecule has 0 spiro atoms. The Bertz CT molecular complexity index is 457. The van der Waals surface area contributed by atoms with Crippen LogP contribution in [0, 0.1) is 5.92 Å². The molecule has 0 saturated carbocycles. The van der Waals surface area contributed by atoms with Crippen LogP contribution in [0.25, 0.3) is 0 Å². The number of nitrogens with zero attached hydrogens (tertiary/aromatic N) is 2. The fourth-order valence-corrected chi connectivity index (χ4v) is 2.75. The molecule has 0 amide bonds. The van der Waals surface area contributed by atoms with E-state index in [0.29, 0.717) is 12.5 Å². The summed E-state index contributed by atoms with van der Waals surface area (Å²) in [4.78, 5) is 6.73. The summed E-state index contributed by atoms with van der Waals surface area (Å²) in [6.07, 6.45) is 5.85. The molecule has 0 aromatic rings. The molecule has 3 heteroatoms. The van der Waals surface area contributed by atoms with Gasteiger partial charge in [0.25, 0.3) is 0 Å². The Balaban J connectivity index is 2.11. The molecule has 3 nitrogen and oxygen atoms in total. The van der Waals surface area contributed by atoms with Gasteiger partial charge in [0.05, 0.1) is 11.4 Å². The summed E-state index contributed by atoms with van der Waals surface area (Å²) in [5.74, 6) is 0.412. The van der Waals surface area contributed by atoms with Crippen LogP contribution >= 0.6 is 0 Å². The second-order valence-electron chi connectivity index (χ2n) is 4.83. The monoisotopic (exact) mass is 216 g/mol. The molecule has 3 aliphatic rings. The normalized spacial score (nSPS) is 33.4. The molecule has 2 aliphatic heterocycles. The van der Waals surface area contributed by atoms with Gasteiger partial charge in [-0.2, -0.15) is 0 Å². The van der Waals surface area contributed by atoms with E-state index in [1.54, 1.807) is 0 Å². The first-order valence-corrected chi connectivity index (χ1v) is 5.74. The first kappa shape index (κ1) is 10.00. The molecule has 84 valence electrons. The molecule has 2 unspecified atom stereocenters. The van der Waals surface area contributed by atoms with Gasteiger partial charge in [-0.3, -0.25) is 4.90 Å². The van der Waals surface area contributed by atoms with Crippen molar-refractivity contribution >= 4 is 5.71 Å². The van der Waals surface area contributed by atoms with Crippen LogP contribution in [-0.4, -0.2) is 42.0 Å². The van der Waals surface area contributed by atoms with Gasteiger partial charge in [-0.15, -0.1) is 0 Å². The van der Waals surface area contributed by atoms with Gasteiger partial charge < -0.3 is 5.11 Å². The van der Waals surface area contributed by atoms with Crippen LogP contribution < -0.4 is 0 Å². The van der Waals surface area contributed by atoms with E-state index in [1.165, 1.54) is 11.1 Å². The van der Waals surface area contributed by atoms with E-state index in [0.717, 1.165) is 18.0 Å². The molecule has 1 aliphatic carbocycles. The average Bonchev–Trinajstić information content (AvgIpc) is 2.58. The standard InChI is InChI=1S/C13H16N2O/c1-8-4-3-5-10-12(8)9-6-15(2)7-11(16)13(9)14-10/h3-5,8,11,16H,6-7H2,1-2H3. The van der Waals surface area contributed by atoms with Crippen molar-refractivity contribution in [3.8, 4) is 0 Å². The first-order chi connectivity index (χ1) is 7.66. The highest BCUT2D eigenvalue weighted by molar-refractivity contribution is 6.09. The van der Waals surface area contributed by atoms with Gasteiger partial charge in [0, 0.05) is 19.0 Å². The summed E-state index contributed by atoms with van der Waals surface area (Å²) < 4.78 is 0. The molecule has 0 aromatic heterocycles. The average molecular weight is 216 g/mol. The molecule has 3 rings (SSSR count).